The van der Waals surface area contributed by atoms with Gasteiger partial charge in [0.2, 0.25) is 0 Å². The molecule has 3 unspecified atom stereocenters. The molecule has 3 N–H and O–H groups in total. The third-order valence-corrected chi connectivity index (χ3v) is 5.10. The summed E-state index contributed by atoms with van der Waals surface area (Å²) in [4.78, 5) is 22.9. The van der Waals surface area contributed by atoms with Crippen molar-refractivity contribution >= 4 is 35.5 Å². The van der Waals surface area contributed by atoms with Crippen LogP contribution in [0.15, 0.2) is 0 Å². The zero-order chi connectivity index (χ0) is 14.3. The molecule has 7 heteroatoms. The van der Waals surface area contributed by atoms with Gasteiger partial charge in [-0.25, -0.2) is 9.59 Å². The van der Waals surface area contributed by atoms with E-state index in [0.717, 1.165) is 19.3 Å². The van der Waals surface area contributed by atoms with Crippen LogP contribution in [0.3, 0.4) is 0 Å². The van der Waals surface area contributed by atoms with Crippen molar-refractivity contribution in [2.24, 2.45) is 0 Å². The minimum absolute atomic E-state index is 0.157. The number of amides is 2. The molecule has 1 fully saturated rings. The van der Waals surface area contributed by atoms with Gasteiger partial charge < -0.3 is 15.7 Å². The molecule has 0 heterocycles. The van der Waals surface area contributed by atoms with Gasteiger partial charge in [-0.15, -0.1) is 0 Å². The highest BCUT2D eigenvalue weighted by Crippen LogP contribution is 2.28. The van der Waals surface area contributed by atoms with Crippen LogP contribution in [0.4, 0.5) is 4.79 Å². The molecule has 1 rings (SSSR count). The smallest absolute Gasteiger partial charge is 0.326 e. The lowest BCUT2D eigenvalue weighted by atomic mass is 10.2. The van der Waals surface area contributed by atoms with Crippen LogP contribution in [0.2, 0.25) is 0 Å². The molecule has 0 spiro atoms. The summed E-state index contributed by atoms with van der Waals surface area (Å²) < 4.78 is 0. The minimum Gasteiger partial charge on any atom is -0.480 e. The number of thioether (sulfide) groups is 2. The molecule has 3 atom stereocenters. The summed E-state index contributed by atoms with van der Waals surface area (Å²) in [5.41, 5.74) is 0. The van der Waals surface area contributed by atoms with Gasteiger partial charge >= 0.3 is 12.0 Å². The lowest BCUT2D eigenvalue weighted by Crippen LogP contribution is -2.50. The number of hydrogen-bond acceptors (Lipinski definition) is 4. The summed E-state index contributed by atoms with van der Waals surface area (Å²) in [7, 11) is 0. The summed E-state index contributed by atoms with van der Waals surface area (Å²) in [6.07, 6.45) is 7.61. The second-order valence-electron chi connectivity index (χ2n) is 4.60. The molecule has 2 amide bonds. The third kappa shape index (κ3) is 5.52. The lowest BCUT2D eigenvalue weighted by Gasteiger charge is -2.21. The number of aliphatic carboxylic acids is 1. The van der Waals surface area contributed by atoms with Crippen LogP contribution in [0.25, 0.3) is 0 Å². The first-order chi connectivity index (χ1) is 9.08. The molecule has 19 heavy (non-hydrogen) atoms. The van der Waals surface area contributed by atoms with E-state index in [1.54, 1.807) is 23.5 Å². The average molecular weight is 306 g/mol. The van der Waals surface area contributed by atoms with Crippen molar-refractivity contribution in [2.45, 2.75) is 43.0 Å². The third-order valence-electron chi connectivity index (χ3n) is 3.29. The highest BCUT2D eigenvalue weighted by Gasteiger charge is 2.29. The van der Waals surface area contributed by atoms with Crippen molar-refractivity contribution in [1.82, 2.24) is 10.6 Å². The molecule has 110 valence electrons. The lowest BCUT2D eigenvalue weighted by molar-refractivity contribution is -0.139. The minimum atomic E-state index is -0.975. The standard InChI is InChI=1S/C12H22N2O3S2/c1-18-7-6-9(11(15)16)14-12(17)13-8-4-3-5-10(8)19-2/h8-10H,3-7H2,1-2H3,(H,15,16)(H2,13,14,17). The number of hydrogen-bond donors (Lipinski definition) is 3. The second kappa shape index (κ2) is 8.58. The first-order valence-electron chi connectivity index (χ1n) is 6.40. The summed E-state index contributed by atoms with van der Waals surface area (Å²) in [6.45, 7) is 0. The normalized spacial score (nSPS) is 23.9. The van der Waals surface area contributed by atoms with Gasteiger partial charge in [0.15, 0.2) is 0 Å². The van der Waals surface area contributed by atoms with Crippen LogP contribution in [0.5, 0.6) is 0 Å². The Bertz CT molecular complexity index is 315. The molecular formula is C12H22N2O3S2. The van der Waals surface area contributed by atoms with E-state index in [9.17, 15) is 9.59 Å². The second-order valence-corrected chi connectivity index (χ2v) is 6.66. The molecular weight excluding hydrogens is 284 g/mol. The van der Waals surface area contributed by atoms with Gasteiger partial charge in [-0.05, 0) is 37.5 Å². The van der Waals surface area contributed by atoms with Crippen LogP contribution < -0.4 is 10.6 Å². The molecule has 0 aromatic heterocycles. The maximum absolute atomic E-state index is 11.8. The molecule has 1 aliphatic rings. The van der Waals surface area contributed by atoms with Crippen molar-refractivity contribution in [3.05, 3.63) is 0 Å². The fraction of sp³-hybridized carbons (Fsp3) is 0.833. The Morgan fingerprint density at radius 2 is 2.11 bits per heavy atom. The Morgan fingerprint density at radius 3 is 2.68 bits per heavy atom. The molecule has 0 radical (unpaired) electrons. The van der Waals surface area contributed by atoms with Crippen molar-refractivity contribution < 1.29 is 14.7 Å². The largest absolute Gasteiger partial charge is 0.480 e. The number of nitrogens with one attached hydrogen (secondary N) is 2. The molecule has 0 saturated heterocycles. The summed E-state index contributed by atoms with van der Waals surface area (Å²) >= 11 is 3.33. The van der Waals surface area contributed by atoms with Gasteiger partial charge in [0, 0.05) is 11.3 Å². The van der Waals surface area contributed by atoms with Crippen LogP contribution in [0, 0.1) is 0 Å². The van der Waals surface area contributed by atoms with Gasteiger partial charge in [0.05, 0.1) is 0 Å². The highest BCUT2D eigenvalue weighted by atomic mass is 32.2. The molecule has 0 aromatic rings. The van der Waals surface area contributed by atoms with Crippen molar-refractivity contribution in [1.29, 1.82) is 0 Å². The summed E-state index contributed by atoms with van der Waals surface area (Å²) in [5.74, 6) is -0.259. The first kappa shape index (κ1) is 16.5. The Hall–Kier alpha value is -0.560. The first-order valence-corrected chi connectivity index (χ1v) is 9.08. The maximum Gasteiger partial charge on any atom is 0.326 e. The molecule has 0 bridgehead atoms. The quantitative estimate of drug-likeness (QED) is 0.668. The van der Waals surface area contributed by atoms with Gasteiger partial charge in [-0.2, -0.15) is 23.5 Å². The van der Waals surface area contributed by atoms with Crippen molar-refractivity contribution in [3.8, 4) is 0 Å². The average Bonchev–Trinajstić information content (AvgIpc) is 2.81. The number of urea groups is 1. The van der Waals surface area contributed by atoms with Crippen LogP contribution >= 0.6 is 23.5 Å². The molecule has 1 saturated carbocycles. The van der Waals surface area contributed by atoms with E-state index in [-0.39, 0.29) is 12.1 Å². The molecule has 5 nitrogen and oxygen atoms in total. The number of carbonyl (C=O) groups is 2. The predicted octanol–water partition coefficient (Wildman–Crippen LogP) is 1.78. The Labute approximate surface area is 122 Å². The van der Waals surface area contributed by atoms with Gasteiger partial charge in [0.25, 0.3) is 0 Å². The van der Waals surface area contributed by atoms with Crippen molar-refractivity contribution in [3.63, 3.8) is 0 Å². The van der Waals surface area contributed by atoms with Gasteiger partial charge in [-0.1, -0.05) is 6.42 Å². The van der Waals surface area contributed by atoms with E-state index in [4.69, 9.17) is 5.11 Å². The van der Waals surface area contributed by atoms with E-state index < -0.39 is 12.0 Å². The fourth-order valence-electron chi connectivity index (χ4n) is 2.23. The number of carboxylic acid groups (broad SMARTS) is 1. The summed E-state index contributed by atoms with van der Waals surface area (Å²) in [6, 6.07) is -1.01. The highest BCUT2D eigenvalue weighted by molar-refractivity contribution is 7.99. The number of carbonyl (C=O) groups excluding carboxylic acids is 1. The predicted molar refractivity (Wildman–Crippen MR) is 81.0 cm³/mol. The topological polar surface area (TPSA) is 78.4 Å². The van der Waals surface area contributed by atoms with Crippen LogP contribution in [-0.4, -0.2) is 52.7 Å². The van der Waals surface area contributed by atoms with E-state index >= 15 is 0 Å². The van der Waals surface area contributed by atoms with Crippen LogP contribution in [0.1, 0.15) is 25.7 Å². The number of rotatable bonds is 7. The van der Waals surface area contributed by atoms with Gasteiger partial charge in [-0.3, -0.25) is 0 Å². The zero-order valence-electron chi connectivity index (χ0n) is 11.3. The Kier molecular flexibility index (Phi) is 7.45. The fourth-order valence-corrected chi connectivity index (χ4v) is 3.64. The van der Waals surface area contributed by atoms with E-state index in [1.807, 2.05) is 12.5 Å². The molecule has 0 aliphatic heterocycles. The molecule has 0 aromatic carbocycles. The Morgan fingerprint density at radius 1 is 1.37 bits per heavy atom. The Balaban J connectivity index is 2.41. The monoisotopic (exact) mass is 306 g/mol. The SMILES string of the molecule is CSCCC(NC(=O)NC1CCCC1SC)C(=O)O. The van der Waals surface area contributed by atoms with E-state index in [2.05, 4.69) is 10.6 Å². The molecule has 1 aliphatic carbocycles. The van der Waals surface area contributed by atoms with E-state index in [0.29, 0.717) is 17.4 Å². The van der Waals surface area contributed by atoms with Crippen molar-refractivity contribution in [2.75, 3.05) is 18.3 Å². The number of carboxylic acids is 1. The van der Waals surface area contributed by atoms with E-state index in [1.165, 1.54) is 0 Å². The van der Waals surface area contributed by atoms with Gasteiger partial charge in [0.1, 0.15) is 6.04 Å². The maximum atomic E-state index is 11.8. The zero-order valence-corrected chi connectivity index (χ0v) is 13.0. The summed E-state index contributed by atoms with van der Waals surface area (Å²) in [5, 5.41) is 14.9. The van der Waals surface area contributed by atoms with Crippen LogP contribution in [-0.2, 0) is 4.79 Å².